The molecule has 0 saturated heterocycles. The normalized spacial score (nSPS) is 16.1. The SMILES string of the molecule is O=S(=O)(NCc1noc(C(F)(F)F)n1)N1CCc2ccccc2C1. The van der Waals surface area contributed by atoms with E-state index in [2.05, 4.69) is 19.4 Å². The minimum atomic E-state index is -4.76. The standard InChI is InChI=1S/C13H13F3N4O3S/c14-13(15,16)12-18-11(19-23-12)7-17-24(21,22)20-6-5-9-3-1-2-4-10(9)8-20/h1-4,17H,5-8H2. The number of nitrogens with zero attached hydrogens (tertiary/aromatic N) is 3. The van der Waals surface area contributed by atoms with E-state index in [-0.39, 0.29) is 18.9 Å². The first kappa shape index (κ1) is 16.9. The highest BCUT2D eigenvalue weighted by molar-refractivity contribution is 7.87. The summed E-state index contributed by atoms with van der Waals surface area (Å²) in [6.07, 6.45) is -4.20. The molecule has 0 amide bonds. The molecule has 1 aromatic heterocycles. The first-order valence-electron chi connectivity index (χ1n) is 6.97. The number of fused-ring (bicyclic) bond motifs is 1. The van der Waals surface area contributed by atoms with Crippen LogP contribution in [0.3, 0.4) is 0 Å². The molecule has 0 atom stereocenters. The summed E-state index contributed by atoms with van der Waals surface area (Å²) < 4.78 is 69.1. The van der Waals surface area contributed by atoms with Gasteiger partial charge in [-0.2, -0.15) is 35.6 Å². The number of nitrogens with one attached hydrogen (secondary N) is 1. The fourth-order valence-electron chi connectivity index (χ4n) is 2.36. The largest absolute Gasteiger partial charge is 0.471 e. The molecule has 0 radical (unpaired) electrons. The summed E-state index contributed by atoms with van der Waals surface area (Å²) in [6, 6.07) is 7.48. The van der Waals surface area contributed by atoms with E-state index in [0.717, 1.165) is 11.1 Å². The van der Waals surface area contributed by atoms with Crippen molar-refractivity contribution in [1.29, 1.82) is 0 Å². The first-order chi connectivity index (χ1) is 11.3. The molecule has 0 fully saturated rings. The smallest absolute Gasteiger partial charge is 0.329 e. The van der Waals surface area contributed by atoms with Crippen LogP contribution in [0.4, 0.5) is 13.2 Å². The Hall–Kier alpha value is -1.98. The Morgan fingerprint density at radius 1 is 1.25 bits per heavy atom. The van der Waals surface area contributed by atoms with E-state index in [4.69, 9.17) is 0 Å². The topological polar surface area (TPSA) is 88.3 Å². The minimum absolute atomic E-state index is 0.200. The molecule has 0 unspecified atom stereocenters. The van der Waals surface area contributed by atoms with Crippen LogP contribution in [0.2, 0.25) is 0 Å². The third-order valence-corrected chi connectivity index (χ3v) is 5.06. The van der Waals surface area contributed by atoms with Crippen LogP contribution in [0.1, 0.15) is 22.8 Å². The molecule has 1 aliphatic heterocycles. The highest BCUT2D eigenvalue weighted by Gasteiger charge is 2.38. The van der Waals surface area contributed by atoms with E-state index < -0.39 is 28.8 Å². The zero-order valence-electron chi connectivity index (χ0n) is 12.2. The summed E-state index contributed by atoms with van der Waals surface area (Å²) in [5.41, 5.74) is 1.98. The minimum Gasteiger partial charge on any atom is -0.329 e. The van der Waals surface area contributed by atoms with Gasteiger partial charge in [-0.3, -0.25) is 0 Å². The predicted molar refractivity (Wildman–Crippen MR) is 75.6 cm³/mol. The predicted octanol–water partition coefficient (Wildman–Crippen LogP) is 1.48. The Bertz CT molecular complexity index is 835. The van der Waals surface area contributed by atoms with E-state index >= 15 is 0 Å². The van der Waals surface area contributed by atoms with Crippen molar-refractivity contribution in [2.24, 2.45) is 0 Å². The van der Waals surface area contributed by atoms with Gasteiger partial charge in [-0.15, -0.1) is 0 Å². The van der Waals surface area contributed by atoms with Gasteiger partial charge in [0, 0.05) is 13.1 Å². The van der Waals surface area contributed by atoms with Crippen molar-refractivity contribution in [2.45, 2.75) is 25.7 Å². The van der Waals surface area contributed by atoms with Crippen LogP contribution < -0.4 is 4.72 Å². The fraction of sp³-hybridized carbons (Fsp3) is 0.385. The lowest BCUT2D eigenvalue weighted by atomic mass is 10.0. The Morgan fingerprint density at radius 2 is 1.96 bits per heavy atom. The second kappa shape index (κ2) is 6.15. The third kappa shape index (κ3) is 3.57. The number of rotatable bonds is 4. The Kier molecular flexibility index (Phi) is 4.32. The van der Waals surface area contributed by atoms with Crippen molar-refractivity contribution in [2.75, 3.05) is 6.54 Å². The third-order valence-electron chi connectivity index (χ3n) is 3.56. The molecular formula is C13H13F3N4O3S. The van der Waals surface area contributed by atoms with Crippen LogP contribution >= 0.6 is 0 Å². The van der Waals surface area contributed by atoms with Crippen LogP contribution in [0.15, 0.2) is 28.8 Å². The van der Waals surface area contributed by atoms with Gasteiger partial charge < -0.3 is 4.52 Å². The molecule has 2 aromatic rings. The zero-order chi connectivity index (χ0) is 17.4. The monoisotopic (exact) mass is 362 g/mol. The van der Waals surface area contributed by atoms with Crippen molar-refractivity contribution in [3.63, 3.8) is 0 Å². The van der Waals surface area contributed by atoms with E-state index in [9.17, 15) is 21.6 Å². The molecule has 3 rings (SSSR count). The average Bonchev–Trinajstić information content (AvgIpc) is 3.02. The second-order valence-corrected chi connectivity index (χ2v) is 6.95. The summed E-state index contributed by atoms with van der Waals surface area (Å²) in [5, 5.41) is 3.12. The molecule has 1 N–H and O–H groups in total. The lowest BCUT2D eigenvalue weighted by molar-refractivity contribution is -0.159. The lowest BCUT2D eigenvalue weighted by Crippen LogP contribution is -2.43. The first-order valence-corrected chi connectivity index (χ1v) is 8.41. The molecular weight excluding hydrogens is 349 g/mol. The number of aromatic nitrogens is 2. The van der Waals surface area contributed by atoms with E-state index in [1.165, 1.54) is 4.31 Å². The highest BCUT2D eigenvalue weighted by Crippen LogP contribution is 2.27. The molecule has 24 heavy (non-hydrogen) atoms. The Balaban J connectivity index is 1.66. The van der Waals surface area contributed by atoms with Gasteiger partial charge in [0.25, 0.3) is 10.2 Å². The Labute approximate surface area is 135 Å². The van der Waals surface area contributed by atoms with E-state index in [1.807, 2.05) is 24.3 Å². The lowest BCUT2D eigenvalue weighted by Gasteiger charge is -2.27. The summed E-state index contributed by atoms with van der Waals surface area (Å²) in [6.45, 7) is -0.00198. The molecule has 130 valence electrons. The van der Waals surface area contributed by atoms with Crippen molar-refractivity contribution in [3.05, 3.63) is 47.1 Å². The second-order valence-electron chi connectivity index (χ2n) is 5.19. The van der Waals surface area contributed by atoms with Crippen molar-refractivity contribution < 1.29 is 26.1 Å². The van der Waals surface area contributed by atoms with Crippen molar-refractivity contribution >= 4 is 10.2 Å². The molecule has 11 heteroatoms. The zero-order valence-corrected chi connectivity index (χ0v) is 13.1. The molecule has 2 heterocycles. The number of hydrogen-bond acceptors (Lipinski definition) is 5. The van der Waals surface area contributed by atoms with Gasteiger partial charge in [0.15, 0.2) is 5.82 Å². The van der Waals surface area contributed by atoms with Gasteiger partial charge in [0.05, 0.1) is 6.54 Å². The molecule has 0 bridgehead atoms. The number of hydrogen-bond donors (Lipinski definition) is 1. The van der Waals surface area contributed by atoms with Gasteiger partial charge in [-0.25, -0.2) is 0 Å². The quantitative estimate of drug-likeness (QED) is 0.890. The molecule has 0 aliphatic carbocycles. The Morgan fingerprint density at radius 3 is 2.62 bits per heavy atom. The molecule has 7 nitrogen and oxygen atoms in total. The maximum Gasteiger partial charge on any atom is 0.471 e. The summed E-state index contributed by atoms with van der Waals surface area (Å²) in [7, 11) is -3.87. The van der Waals surface area contributed by atoms with Crippen LogP contribution in [0.25, 0.3) is 0 Å². The summed E-state index contributed by atoms with van der Waals surface area (Å²) >= 11 is 0. The summed E-state index contributed by atoms with van der Waals surface area (Å²) in [4.78, 5) is 3.12. The van der Waals surface area contributed by atoms with Gasteiger partial charge in [-0.1, -0.05) is 29.4 Å². The van der Waals surface area contributed by atoms with Crippen LogP contribution in [-0.4, -0.2) is 29.4 Å². The molecule has 0 saturated carbocycles. The number of benzene rings is 1. The van der Waals surface area contributed by atoms with Gasteiger partial charge >= 0.3 is 12.1 Å². The highest BCUT2D eigenvalue weighted by atomic mass is 32.2. The van der Waals surface area contributed by atoms with Crippen LogP contribution in [-0.2, 0) is 35.9 Å². The van der Waals surface area contributed by atoms with Crippen LogP contribution in [0, 0.1) is 0 Å². The van der Waals surface area contributed by atoms with E-state index in [0.29, 0.717) is 6.42 Å². The maximum atomic E-state index is 12.4. The number of halogens is 3. The maximum absolute atomic E-state index is 12.4. The van der Waals surface area contributed by atoms with E-state index in [1.54, 1.807) is 0 Å². The molecule has 1 aliphatic rings. The molecule has 0 spiro atoms. The van der Waals surface area contributed by atoms with Gasteiger partial charge in [-0.05, 0) is 17.5 Å². The molecule has 1 aromatic carbocycles. The van der Waals surface area contributed by atoms with Crippen molar-refractivity contribution in [1.82, 2.24) is 19.2 Å². The van der Waals surface area contributed by atoms with Gasteiger partial charge in [0.2, 0.25) is 0 Å². The average molecular weight is 362 g/mol. The van der Waals surface area contributed by atoms with Crippen LogP contribution in [0.5, 0.6) is 0 Å². The number of alkyl halides is 3. The van der Waals surface area contributed by atoms with Crippen molar-refractivity contribution in [3.8, 4) is 0 Å². The van der Waals surface area contributed by atoms with Gasteiger partial charge in [0.1, 0.15) is 0 Å². The fourth-order valence-corrected chi connectivity index (χ4v) is 3.50. The summed E-state index contributed by atoms with van der Waals surface area (Å²) in [5.74, 6) is -1.90.